The maximum Gasteiger partial charge on any atom is 0.155 e. The lowest BCUT2D eigenvalue weighted by Crippen LogP contribution is -2.34. The first-order valence-electron chi connectivity index (χ1n) is 8.77. The average Bonchev–Trinajstić information content (AvgIpc) is 3.17. The molecule has 2 aromatic heterocycles. The van der Waals surface area contributed by atoms with Gasteiger partial charge in [0.25, 0.3) is 0 Å². The molecule has 2 aromatic carbocycles. The highest BCUT2D eigenvalue weighted by molar-refractivity contribution is 6.42. The van der Waals surface area contributed by atoms with Gasteiger partial charge in [-0.15, -0.1) is 0 Å². The van der Waals surface area contributed by atoms with E-state index in [4.69, 9.17) is 23.2 Å². The quantitative estimate of drug-likeness (QED) is 0.527. The number of fused-ring (bicyclic) bond motifs is 2. The third kappa shape index (κ3) is 2.90. The van der Waals surface area contributed by atoms with E-state index in [0.717, 1.165) is 23.3 Å². The van der Waals surface area contributed by atoms with Crippen molar-refractivity contribution in [2.24, 2.45) is 0 Å². The Labute approximate surface area is 166 Å². The molecule has 0 amide bonds. The predicted molar refractivity (Wildman–Crippen MR) is 108 cm³/mol. The van der Waals surface area contributed by atoms with Crippen LogP contribution in [0.3, 0.4) is 0 Å². The van der Waals surface area contributed by atoms with Crippen molar-refractivity contribution in [1.82, 2.24) is 19.9 Å². The van der Waals surface area contributed by atoms with Crippen LogP contribution in [0, 0.1) is 0 Å². The zero-order chi connectivity index (χ0) is 18.4. The van der Waals surface area contributed by atoms with Gasteiger partial charge < -0.3 is 5.32 Å². The van der Waals surface area contributed by atoms with Gasteiger partial charge in [0.15, 0.2) is 5.65 Å². The summed E-state index contributed by atoms with van der Waals surface area (Å²) in [5.41, 5.74) is 5.73. The van der Waals surface area contributed by atoms with Crippen LogP contribution in [0.5, 0.6) is 0 Å². The molecule has 0 spiro atoms. The number of hydrogen-bond acceptors (Lipinski definition) is 3. The van der Waals surface area contributed by atoms with Gasteiger partial charge in [0.1, 0.15) is 6.33 Å². The fourth-order valence-corrected chi connectivity index (χ4v) is 4.18. The van der Waals surface area contributed by atoms with Crippen molar-refractivity contribution in [2.45, 2.75) is 12.0 Å². The first-order valence-corrected chi connectivity index (χ1v) is 9.53. The Morgan fingerprint density at radius 1 is 0.926 bits per heavy atom. The zero-order valence-corrected chi connectivity index (χ0v) is 15.8. The minimum atomic E-state index is 0.105. The average molecular weight is 395 g/mol. The molecule has 1 aliphatic heterocycles. The normalized spacial score (nSPS) is 19.2. The standard InChI is InChI=1S/C21H16Cl2N4/c22-18-7-5-13(9-19(18)23)17-10-24-21(16-4-2-1-3-15(16)17)14-6-8-20-25-12-26-27(20)11-14/h1-9,11-12,17,21,24H,10H2. The molecular formula is C21H16Cl2N4. The molecule has 4 nitrogen and oxygen atoms in total. The van der Waals surface area contributed by atoms with Gasteiger partial charge in [0, 0.05) is 18.7 Å². The van der Waals surface area contributed by atoms with Crippen LogP contribution < -0.4 is 5.32 Å². The van der Waals surface area contributed by atoms with Crippen LogP contribution in [-0.2, 0) is 0 Å². The number of benzene rings is 2. The molecule has 0 saturated carbocycles. The summed E-state index contributed by atoms with van der Waals surface area (Å²) in [6.45, 7) is 0.815. The highest BCUT2D eigenvalue weighted by atomic mass is 35.5. The molecule has 27 heavy (non-hydrogen) atoms. The first kappa shape index (κ1) is 16.8. The molecule has 6 heteroatoms. The van der Waals surface area contributed by atoms with Crippen LogP contribution in [0.1, 0.15) is 34.2 Å². The maximum absolute atomic E-state index is 6.26. The third-order valence-electron chi connectivity index (χ3n) is 5.18. The Kier molecular flexibility index (Phi) is 4.12. The Morgan fingerprint density at radius 2 is 1.74 bits per heavy atom. The number of hydrogen-bond donors (Lipinski definition) is 1. The predicted octanol–water partition coefficient (Wildman–Crippen LogP) is 4.86. The molecule has 0 radical (unpaired) electrons. The first-order chi connectivity index (χ1) is 13.2. The second kappa shape index (κ2) is 6.64. The molecule has 1 aliphatic rings. The van der Waals surface area contributed by atoms with Crippen LogP contribution in [0.4, 0.5) is 0 Å². The topological polar surface area (TPSA) is 42.2 Å². The molecule has 0 bridgehead atoms. The summed E-state index contributed by atoms with van der Waals surface area (Å²) in [6.07, 6.45) is 3.61. The lowest BCUT2D eigenvalue weighted by Gasteiger charge is -2.33. The molecule has 0 fully saturated rings. The van der Waals surface area contributed by atoms with Crippen LogP contribution in [0.2, 0.25) is 10.0 Å². The van der Waals surface area contributed by atoms with E-state index in [1.807, 2.05) is 28.9 Å². The number of nitrogens with zero attached hydrogens (tertiary/aromatic N) is 3. The van der Waals surface area contributed by atoms with Crippen LogP contribution >= 0.6 is 23.2 Å². The van der Waals surface area contributed by atoms with Gasteiger partial charge >= 0.3 is 0 Å². The van der Waals surface area contributed by atoms with E-state index in [1.54, 1.807) is 6.33 Å². The zero-order valence-electron chi connectivity index (χ0n) is 14.3. The van der Waals surface area contributed by atoms with Crippen molar-refractivity contribution in [3.8, 4) is 0 Å². The smallest absolute Gasteiger partial charge is 0.155 e. The number of pyridine rings is 1. The van der Waals surface area contributed by atoms with Crippen molar-refractivity contribution in [1.29, 1.82) is 0 Å². The molecule has 2 unspecified atom stereocenters. The highest BCUT2D eigenvalue weighted by Gasteiger charge is 2.29. The van der Waals surface area contributed by atoms with E-state index in [0.29, 0.717) is 10.0 Å². The minimum Gasteiger partial charge on any atom is -0.305 e. The van der Waals surface area contributed by atoms with Crippen molar-refractivity contribution in [2.75, 3.05) is 6.54 Å². The SMILES string of the molecule is Clc1ccc(C2CNC(c3ccc4ncnn4c3)c3ccccc32)cc1Cl. The molecule has 5 rings (SSSR count). The van der Waals surface area contributed by atoms with E-state index < -0.39 is 0 Å². The summed E-state index contributed by atoms with van der Waals surface area (Å²) in [7, 11) is 0. The molecule has 134 valence electrons. The molecule has 3 heterocycles. The van der Waals surface area contributed by atoms with E-state index >= 15 is 0 Å². The monoisotopic (exact) mass is 394 g/mol. The van der Waals surface area contributed by atoms with Gasteiger partial charge in [0.2, 0.25) is 0 Å². The fraction of sp³-hybridized carbons (Fsp3) is 0.143. The van der Waals surface area contributed by atoms with Gasteiger partial charge in [-0.25, -0.2) is 9.50 Å². The molecule has 4 aromatic rings. The second-order valence-corrected chi connectivity index (χ2v) is 7.54. The summed E-state index contributed by atoms with van der Waals surface area (Å²) in [5.74, 6) is 0.224. The molecular weight excluding hydrogens is 379 g/mol. The number of aromatic nitrogens is 3. The van der Waals surface area contributed by atoms with Crippen molar-refractivity contribution in [3.05, 3.63) is 99.4 Å². The summed E-state index contributed by atoms with van der Waals surface area (Å²) in [4.78, 5) is 4.22. The Bertz CT molecular complexity index is 1140. The van der Waals surface area contributed by atoms with E-state index in [2.05, 4.69) is 51.8 Å². The van der Waals surface area contributed by atoms with Gasteiger partial charge in [0.05, 0.1) is 16.1 Å². The van der Waals surface area contributed by atoms with Crippen LogP contribution in [0.15, 0.2) is 67.1 Å². The van der Waals surface area contributed by atoms with Crippen molar-refractivity contribution >= 4 is 28.8 Å². The number of nitrogens with one attached hydrogen (secondary N) is 1. The van der Waals surface area contributed by atoms with E-state index in [-0.39, 0.29) is 12.0 Å². The van der Waals surface area contributed by atoms with Crippen LogP contribution in [0.25, 0.3) is 5.65 Å². The maximum atomic E-state index is 6.26. The molecule has 2 atom stereocenters. The minimum absolute atomic E-state index is 0.105. The second-order valence-electron chi connectivity index (χ2n) is 6.72. The third-order valence-corrected chi connectivity index (χ3v) is 5.92. The summed E-state index contributed by atoms with van der Waals surface area (Å²) < 4.78 is 1.81. The number of halogens is 2. The molecule has 0 aliphatic carbocycles. The Hall–Kier alpha value is -2.40. The fourth-order valence-electron chi connectivity index (χ4n) is 3.87. The Morgan fingerprint density at radius 3 is 2.59 bits per heavy atom. The van der Waals surface area contributed by atoms with Crippen molar-refractivity contribution in [3.63, 3.8) is 0 Å². The van der Waals surface area contributed by atoms with Gasteiger partial charge in [-0.2, -0.15) is 5.10 Å². The lowest BCUT2D eigenvalue weighted by atomic mass is 9.81. The number of rotatable bonds is 2. The largest absolute Gasteiger partial charge is 0.305 e. The van der Waals surface area contributed by atoms with Crippen molar-refractivity contribution < 1.29 is 0 Å². The van der Waals surface area contributed by atoms with Gasteiger partial charge in [-0.3, -0.25) is 0 Å². The Balaban J connectivity index is 1.58. The van der Waals surface area contributed by atoms with Crippen LogP contribution in [-0.4, -0.2) is 21.1 Å². The molecule has 0 saturated heterocycles. The lowest BCUT2D eigenvalue weighted by molar-refractivity contribution is 0.529. The highest BCUT2D eigenvalue weighted by Crippen LogP contribution is 2.38. The summed E-state index contributed by atoms with van der Waals surface area (Å²) in [5, 5.41) is 9.12. The molecule has 1 N–H and O–H groups in total. The van der Waals surface area contributed by atoms with Gasteiger partial charge in [-0.1, -0.05) is 59.6 Å². The van der Waals surface area contributed by atoms with Gasteiger partial charge in [-0.05, 0) is 40.5 Å². The summed E-state index contributed by atoms with van der Waals surface area (Å²) >= 11 is 12.4. The van der Waals surface area contributed by atoms with E-state index in [9.17, 15) is 0 Å². The van der Waals surface area contributed by atoms with E-state index in [1.165, 1.54) is 11.1 Å². The summed E-state index contributed by atoms with van der Waals surface area (Å²) in [6, 6.07) is 18.7.